The molecule has 19 heavy (non-hydrogen) atoms. The van der Waals surface area contributed by atoms with Crippen molar-refractivity contribution in [2.24, 2.45) is 5.92 Å². The lowest BCUT2D eigenvalue weighted by atomic mass is 10.0. The zero-order valence-electron chi connectivity index (χ0n) is 12.2. The summed E-state index contributed by atoms with van der Waals surface area (Å²) in [5.74, 6) is 0.289. The van der Waals surface area contributed by atoms with Crippen molar-refractivity contribution in [3.05, 3.63) is 29.3 Å². The second-order valence-electron chi connectivity index (χ2n) is 5.28. The molecule has 0 bridgehead atoms. The first-order valence-electron chi connectivity index (χ1n) is 6.69. The van der Waals surface area contributed by atoms with Gasteiger partial charge in [0, 0.05) is 18.3 Å². The van der Waals surface area contributed by atoms with Crippen molar-refractivity contribution in [2.45, 2.75) is 40.2 Å². The Morgan fingerprint density at radius 1 is 1.32 bits per heavy atom. The van der Waals surface area contributed by atoms with Gasteiger partial charge in [0.1, 0.15) is 0 Å². The van der Waals surface area contributed by atoms with E-state index in [4.69, 9.17) is 5.11 Å². The van der Waals surface area contributed by atoms with Crippen molar-refractivity contribution in [3.8, 4) is 0 Å². The van der Waals surface area contributed by atoms with Crippen LogP contribution in [-0.2, 0) is 0 Å². The minimum atomic E-state index is -0.223. The predicted octanol–water partition coefficient (Wildman–Crippen LogP) is 2.83. The summed E-state index contributed by atoms with van der Waals surface area (Å²) in [6, 6.07) is 5.66. The molecule has 0 aliphatic rings. The molecule has 0 aliphatic heterocycles. The van der Waals surface area contributed by atoms with Gasteiger partial charge in [-0.15, -0.1) is 0 Å². The van der Waals surface area contributed by atoms with E-state index in [0.717, 1.165) is 11.3 Å². The van der Waals surface area contributed by atoms with Crippen LogP contribution in [-0.4, -0.2) is 23.8 Å². The number of nitrogens with one attached hydrogen (secondary N) is 2. The van der Waals surface area contributed by atoms with Gasteiger partial charge in [0.25, 0.3) is 0 Å². The molecule has 0 aliphatic carbocycles. The first-order chi connectivity index (χ1) is 8.93. The van der Waals surface area contributed by atoms with Gasteiger partial charge < -0.3 is 15.7 Å². The number of benzene rings is 1. The van der Waals surface area contributed by atoms with Crippen LogP contribution in [0.15, 0.2) is 18.2 Å². The Kier molecular flexibility index (Phi) is 5.83. The van der Waals surface area contributed by atoms with Crippen molar-refractivity contribution >= 4 is 11.7 Å². The molecule has 2 amide bonds. The summed E-state index contributed by atoms with van der Waals surface area (Å²) in [7, 11) is 0. The van der Waals surface area contributed by atoms with Gasteiger partial charge in [0.15, 0.2) is 0 Å². The first-order valence-corrected chi connectivity index (χ1v) is 6.69. The fourth-order valence-electron chi connectivity index (χ4n) is 1.99. The second kappa shape index (κ2) is 7.14. The van der Waals surface area contributed by atoms with Crippen molar-refractivity contribution in [2.75, 3.05) is 11.9 Å². The average Bonchev–Trinajstić information content (AvgIpc) is 2.32. The molecular formula is C15H24N2O2. The van der Waals surface area contributed by atoms with Gasteiger partial charge in [0.05, 0.1) is 0 Å². The van der Waals surface area contributed by atoms with Crippen LogP contribution < -0.4 is 10.6 Å². The molecule has 4 heteroatoms. The summed E-state index contributed by atoms with van der Waals surface area (Å²) in [5.41, 5.74) is 3.02. The number of aliphatic hydroxyl groups excluding tert-OH is 1. The van der Waals surface area contributed by atoms with Crippen molar-refractivity contribution in [1.82, 2.24) is 5.32 Å². The highest BCUT2D eigenvalue weighted by molar-refractivity contribution is 5.90. The summed E-state index contributed by atoms with van der Waals surface area (Å²) in [6.45, 7) is 8.12. The summed E-state index contributed by atoms with van der Waals surface area (Å²) >= 11 is 0. The van der Waals surface area contributed by atoms with Crippen LogP contribution in [0.3, 0.4) is 0 Å². The minimum Gasteiger partial charge on any atom is -0.396 e. The second-order valence-corrected chi connectivity index (χ2v) is 5.28. The highest BCUT2D eigenvalue weighted by Crippen LogP contribution is 2.16. The zero-order valence-corrected chi connectivity index (χ0v) is 12.2. The number of anilines is 1. The molecule has 106 valence electrons. The fraction of sp³-hybridized carbons (Fsp3) is 0.533. The molecule has 1 aromatic carbocycles. The molecule has 1 rings (SSSR count). The number of hydrogen-bond acceptors (Lipinski definition) is 2. The van der Waals surface area contributed by atoms with Crippen LogP contribution in [0.25, 0.3) is 0 Å². The summed E-state index contributed by atoms with van der Waals surface area (Å²) < 4.78 is 0. The fourth-order valence-corrected chi connectivity index (χ4v) is 1.99. The Morgan fingerprint density at radius 3 is 2.53 bits per heavy atom. The van der Waals surface area contributed by atoms with E-state index in [1.807, 2.05) is 45.9 Å². The van der Waals surface area contributed by atoms with Gasteiger partial charge in [-0.1, -0.05) is 31.5 Å². The van der Waals surface area contributed by atoms with E-state index in [0.29, 0.717) is 6.42 Å². The van der Waals surface area contributed by atoms with Gasteiger partial charge in [-0.3, -0.25) is 0 Å². The largest absolute Gasteiger partial charge is 0.396 e. The van der Waals surface area contributed by atoms with E-state index in [1.54, 1.807) is 0 Å². The third kappa shape index (κ3) is 4.91. The highest BCUT2D eigenvalue weighted by atomic mass is 16.3. The topological polar surface area (TPSA) is 61.4 Å². The molecule has 0 saturated heterocycles. The van der Waals surface area contributed by atoms with Crippen molar-refractivity contribution in [1.29, 1.82) is 0 Å². The van der Waals surface area contributed by atoms with Crippen LogP contribution in [0, 0.1) is 19.8 Å². The monoisotopic (exact) mass is 264 g/mol. The van der Waals surface area contributed by atoms with Gasteiger partial charge in [-0.25, -0.2) is 4.79 Å². The molecule has 4 nitrogen and oxygen atoms in total. The third-order valence-electron chi connectivity index (χ3n) is 3.19. The van der Waals surface area contributed by atoms with E-state index in [-0.39, 0.29) is 24.6 Å². The lowest BCUT2D eigenvalue weighted by Crippen LogP contribution is -2.41. The van der Waals surface area contributed by atoms with E-state index in [9.17, 15) is 4.79 Å². The van der Waals surface area contributed by atoms with Gasteiger partial charge in [-0.2, -0.15) is 0 Å². The van der Waals surface area contributed by atoms with Crippen LogP contribution in [0.4, 0.5) is 10.5 Å². The molecule has 1 aromatic rings. The average molecular weight is 264 g/mol. The number of aryl methyl sites for hydroxylation is 2. The predicted molar refractivity (Wildman–Crippen MR) is 78.4 cm³/mol. The molecule has 1 unspecified atom stereocenters. The maximum absolute atomic E-state index is 11.9. The molecule has 0 fully saturated rings. The molecule has 3 N–H and O–H groups in total. The summed E-state index contributed by atoms with van der Waals surface area (Å²) in [4.78, 5) is 11.9. The van der Waals surface area contributed by atoms with E-state index in [2.05, 4.69) is 10.6 Å². The van der Waals surface area contributed by atoms with Gasteiger partial charge in [-0.05, 0) is 37.8 Å². The molecular weight excluding hydrogens is 240 g/mol. The Morgan fingerprint density at radius 2 is 2.00 bits per heavy atom. The van der Waals surface area contributed by atoms with Crippen molar-refractivity contribution in [3.63, 3.8) is 0 Å². The standard InChI is InChI=1S/C15H24N2O2/c1-10(2)13(7-8-18)16-15(19)17-14-6-5-11(3)9-12(14)4/h5-6,9-10,13,18H,7-8H2,1-4H3,(H2,16,17,19). The lowest BCUT2D eigenvalue weighted by Gasteiger charge is -2.22. The number of amides is 2. The van der Waals surface area contributed by atoms with E-state index < -0.39 is 0 Å². The third-order valence-corrected chi connectivity index (χ3v) is 3.19. The number of carbonyl (C=O) groups is 1. The number of urea groups is 1. The lowest BCUT2D eigenvalue weighted by molar-refractivity contribution is 0.227. The SMILES string of the molecule is Cc1ccc(NC(=O)NC(CCO)C(C)C)c(C)c1. The molecule has 1 atom stereocenters. The number of rotatable bonds is 5. The smallest absolute Gasteiger partial charge is 0.319 e. The minimum absolute atomic E-state index is 0.0178. The van der Waals surface area contributed by atoms with E-state index >= 15 is 0 Å². The summed E-state index contributed by atoms with van der Waals surface area (Å²) in [5, 5.41) is 14.7. The number of hydrogen-bond donors (Lipinski definition) is 3. The van der Waals surface area contributed by atoms with Crippen molar-refractivity contribution < 1.29 is 9.90 Å². The first kappa shape index (κ1) is 15.5. The van der Waals surface area contributed by atoms with Gasteiger partial charge in [0.2, 0.25) is 0 Å². The Bertz CT molecular complexity index is 430. The molecule has 0 heterocycles. The Balaban J connectivity index is 2.63. The van der Waals surface area contributed by atoms with Crippen LogP contribution in [0.2, 0.25) is 0 Å². The molecule has 0 spiro atoms. The number of carbonyl (C=O) groups excluding carboxylic acids is 1. The maximum atomic E-state index is 11.9. The van der Waals surface area contributed by atoms with E-state index in [1.165, 1.54) is 5.56 Å². The quantitative estimate of drug-likeness (QED) is 0.766. The van der Waals surface area contributed by atoms with Gasteiger partial charge >= 0.3 is 6.03 Å². The van der Waals surface area contributed by atoms with Crippen LogP contribution >= 0.6 is 0 Å². The normalized spacial score (nSPS) is 12.3. The molecule has 0 saturated carbocycles. The van der Waals surface area contributed by atoms with Crippen LogP contribution in [0.1, 0.15) is 31.4 Å². The highest BCUT2D eigenvalue weighted by Gasteiger charge is 2.15. The molecule has 0 radical (unpaired) electrons. The number of aliphatic hydroxyl groups is 1. The molecule has 0 aromatic heterocycles. The summed E-state index contributed by atoms with van der Waals surface area (Å²) in [6.07, 6.45) is 0.567. The maximum Gasteiger partial charge on any atom is 0.319 e. The Hall–Kier alpha value is -1.55. The van der Waals surface area contributed by atoms with Crippen LogP contribution in [0.5, 0.6) is 0 Å². The zero-order chi connectivity index (χ0) is 14.4. The Labute approximate surface area is 115 Å².